The molecule has 0 heterocycles. The summed E-state index contributed by atoms with van der Waals surface area (Å²) in [6.45, 7) is 0. The molecule has 110 valence electrons. The van der Waals surface area contributed by atoms with E-state index in [-0.39, 0.29) is 11.8 Å². The van der Waals surface area contributed by atoms with E-state index < -0.39 is 0 Å². The smallest absolute Gasteiger partial charge is 0.225 e. The second kappa shape index (κ2) is 6.79. The molecule has 2 aromatic rings. The van der Waals surface area contributed by atoms with E-state index in [1.807, 2.05) is 48.5 Å². The molecule has 0 saturated carbocycles. The second-order valence-electron chi connectivity index (χ2n) is 4.76. The van der Waals surface area contributed by atoms with Gasteiger partial charge >= 0.3 is 0 Å². The molecule has 0 aliphatic heterocycles. The fourth-order valence-electron chi connectivity index (χ4n) is 2.31. The van der Waals surface area contributed by atoms with E-state index >= 15 is 0 Å². The molecule has 0 radical (unpaired) electrons. The van der Waals surface area contributed by atoms with Crippen LogP contribution in [0.3, 0.4) is 0 Å². The third-order valence-corrected chi connectivity index (χ3v) is 3.43. The van der Waals surface area contributed by atoms with Gasteiger partial charge in [-0.2, -0.15) is 0 Å². The summed E-state index contributed by atoms with van der Waals surface area (Å²) in [5.41, 5.74) is 7.44. The van der Waals surface area contributed by atoms with Gasteiger partial charge in [0.05, 0.1) is 20.1 Å². The number of hydrogen-bond donors (Lipinski definition) is 1. The van der Waals surface area contributed by atoms with E-state index in [0.717, 1.165) is 11.1 Å². The standard InChI is InChI=1S/C17H19NO3/c1-20-15-9-8-12(11-16(15)21-2)10-14(17(18)19)13-6-4-3-5-7-13/h3-9,11,14H,10H2,1-2H3,(H2,18,19). The SMILES string of the molecule is COc1ccc(CC(C(N)=O)c2ccccc2)cc1OC. The molecule has 0 bridgehead atoms. The van der Waals surface area contributed by atoms with Gasteiger partial charge in [-0.3, -0.25) is 4.79 Å². The molecule has 21 heavy (non-hydrogen) atoms. The molecule has 0 fully saturated rings. The second-order valence-corrected chi connectivity index (χ2v) is 4.76. The number of hydrogen-bond acceptors (Lipinski definition) is 3. The summed E-state index contributed by atoms with van der Waals surface area (Å²) in [6, 6.07) is 15.2. The van der Waals surface area contributed by atoms with Gasteiger partial charge in [0.2, 0.25) is 5.91 Å². The number of benzene rings is 2. The van der Waals surface area contributed by atoms with Crippen LogP contribution in [0.25, 0.3) is 0 Å². The van der Waals surface area contributed by atoms with Crippen molar-refractivity contribution in [2.45, 2.75) is 12.3 Å². The maximum Gasteiger partial charge on any atom is 0.225 e. The van der Waals surface area contributed by atoms with Gasteiger partial charge in [-0.05, 0) is 29.7 Å². The van der Waals surface area contributed by atoms with Crippen LogP contribution in [-0.4, -0.2) is 20.1 Å². The van der Waals surface area contributed by atoms with Gasteiger partial charge in [0.25, 0.3) is 0 Å². The van der Waals surface area contributed by atoms with Crippen LogP contribution in [0.15, 0.2) is 48.5 Å². The Bertz CT molecular complexity index is 611. The van der Waals surface area contributed by atoms with Crippen molar-refractivity contribution >= 4 is 5.91 Å². The van der Waals surface area contributed by atoms with Gasteiger partial charge in [-0.25, -0.2) is 0 Å². The van der Waals surface area contributed by atoms with Gasteiger partial charge in [0.1, 0.15) is 0 Å². The first-order chi connectivity index (χ1) is 10.2. The van der Waals surface area contributed by atoms with Crippen molar-refractivity contribution in [3.8, 4) is 11.5 Å². The van der Waals surface area contributed by atoms with Crippen molar-refractivity contribution in [2.24, 2.45) is 5.73 Å². The van der Waals surface area contributed by atoms with E-state index in [9.17, 15) is 4.79 Å². The topological polar surface area (TPSA) is 61.5 Å². The summed E-state index contributed by atoms with van der Waals surface area (Å²) < 4.78 is 10.5. The highest BCUT2D eigenvalue weighted by Crippen LogP contribution is 2.30. The lowest BCUT2D eigenvalue weighted by Gasteiger charge is -2.15. The highest BCUT2D eigenvalue weighted by atomic mass is 16.5. The molecular weight excluding hydrogens is 266 g/mol. The molecule has 0 spiro atoms. The number of ether oxygens (including phenoxy) is 2. The Hall–Kier alpha value is -2.49. The number of carbonyl (C=O) groups is 1. The number of methoxy groups -OCH3 is 2. The Kier molecular flexibility index (Phi) is 4.82. The lowest BCUT2D eigenvalue weighted by Crippen LogP contribution is -2.23. The fraction of sp³-hybridized carbons (Fsp3) is 0.235. The van der Waals surface area contributed by atoms with Crippen LogP contribution >= 0.6 is 0 Å². The van der Waals surface area contributed by atoms with Crippen molar-refractivity contribution in [3.63, 3.8) is 0 Å². The minimum Gasteiger partial charge on any atom is -0.493 e. The lowest BCUT2D eigenvalue weighted by atomic mass is 9.91. The Balaban J connectivity index is 2.28. The molecule has 4 nitrogen and oxygen atoms in total. The summed E-state index contributed by atoms with van der Waals surface area (Å²) in [5, 5.41) is 0. The molecule has 0 saturated heterocycles. The molecule has 4 heteroatoms. The van der Waals surface area contributed by atoms with Crippen molar-refractivity contribution < 1.29 is 14.3 Å². The summed E-state index contributed by atoms with van der Waals surface area (Å²) >= 11 is 0. The molecule has 2 N–H and O–H groups in total. The highest BCUT2D eigenvalue weighted by molar-refractivity contribution is 5.82. The van der Waals surface area contributed by atoms with Crippen LogP contribution < -0.4 is 15.2 Å². The first-order valence-electron chi connectivity index (χ1n) is 6.71. The van der Waals surface area contributed by atoms with Crippen molar-refractivity contribution in [1.29, 1.82) is 0 Å². The fourth-order valence-corrected chi connectivity index (χ4v) is 2.31. The van der Waals surface area contributed by atoms with Crippen LogP contribution in [0.5, 0.6) is 11.5 Å². The quantitative estimate of drug-likeness (QED) is 0.887. The van der Waals surface area contributed by atoms with Crippen molar-refractivity contribution in [2.75, 3.05) is 14.2 Å². The number of amides is 1. The molecule has 0 aromatic heterocycles. The minimum atomic E-state index is -0.357. The number of primary amides is 1. The third-order valence-electron chi connectivity index (χ3n) is 3.43. The lowest BCUT2D eigenvalue weighted by molar-refractivity contribution is -0.119. The summed E-state index contributed by atoms with van der Waals surface area (Å²) in [7, 11) is 3.18. The normalized spacial score (nSPS) is 11.7. The summed E-state index contributed by atoms with van der Waals surface area (Å²) in [4.78, 5) is 11.7. The predicted molar refractivity (Wildman–Crippen MR) is 81.6 cm³/mol. The molecule has 1 amide bonds. The van der Waals surface area contributed by atoms with E-state index in [1.165, 1.54) is 0 Å². The number of rotatable bonds is 6. The van der Waals surface area contributed by atoms with E-state index in [4.69, 9.17) is 15.2 Å². The van der Waals surface area contributed by atoms with Crippen LogP contribution in [-0.2, 0) is 11.2 Å². The molecule has 0 aliphatic carbocycles. The van der Waals surface area contributed by atoms with Crippen molar-refractivity contribution in [3.05, 3.63) is 59.7 Å². The van der Waals surface area contributed by atoms with Crippen LogP contribution in [0.2, 0.25) is 0 Å². The van der Waals surface area contributed by atoms with Crippen LogP contribution in [0.4, 0.5) is 0 Å². The zero-order valence-corrected chi connectivity index (χ0v) is 12.2. The Morgan fingerprint density at radius 2 is 1.71 bits per heavy atom. The average molecular weight is 285 g/mol. The van der Waals surface area contributed by atoms with E-state index in [1.54, 1.807) is 14.2 Å². The molecule has 0 aliphatic rings. The predicted octanol–water partition coefficient (Wildman–Crippen LogP) is 2.52. The minimum absolute atomic E-state index is 0.337. The van der Waals surface area contributed by atoms with Gasteiger partial charge in [0, 0.05) is 0 Å². The Morgan fingerprint density at radius 1 is 1.05 bits per heavy atom. The first kappa shape index (κ1) is 14.9. The van der Waals surface area contributed by atoms with Crippen LogP contribution in [0, 0.1) is 0 Å². The maximum atomic E-state index is 11.7. The highest BCUT2D eigenvalue weighted by Gasteiger charge is 2.19. The molecule has 1 unspecified atom stereocenters. The summed E-state index contributed by atoms with van der Waals surface area (Å²) in [5.74, 6) is 0.614. The van der Waals surface area contributed by atoms with Gasteiger partial charge in [-0.15, -0.1) is 0 Å². The molecule has 2 aromatic carbocycles. The number of carbonyl (C=O) groups excluding carboxylic acids is 1. The average Bonchev–Trinajstić information content (AvgIpc) is 2.52. The third kappa shape index (κ3) is 3.54. The number of nitrogens with two attached hydrogens (primary N) is 1. The van der Waals surface area contributed by atoms with Gasteiger partial charge < -0.3 is 15.2 Å². The van der Waals surface area contributed by atoms with E-state index in [2.05, 4.69) is 0 Å². The molecule has 2 rings (SSSR count). The largest absolute Gasteiger partial charge is 0.493 e. The monoisotopic (exact) mass is 285 g/mol. The molecule has 1 atom stereocenters. The van der Waals surface area contributed by atoms with Gasteiger partial charge in [-0.1, -0.05) is 36.4 Å². The van der Waals surface area contributed by atoms with Crippen LogP contribution in [0.1, 0.15) is 17.0 Å². The Labute approximate surface area is 124 Å². The van der Waals surface area contributed by atoms with E-state index in [0.29, 0.717) is 17.9 Å². The Morgan fingerprint density at radius 3 is 2.29 bits per heavy atom. The summed E-state index contributed by atoms with van der Waals surface area (Å²) in [6.07, 6.45) is 0.527. The maximum absolute atomic E-state index is 11.7. The van der Waals surface area contributed by atoms with Crippen molar-refractivity contribution in [1.82, 2.24) is 0 Å². The molecular formula is C17H19NO3. The van der Waals surface area contributed by atoms with Gasteiger partial charge in [0.15, 0.2) is 11.5 Å². The zero-order chi connectivity index (χ0) is 15.2. The first-order valence-corrected chi connectivity index (χ1v) is 6.71. The zero-order valence-electron chi connectivity index (χ0n) is 12.2.